The highest BCUT2D eigenvalue weighted by Gasteiger charge is 2.33. The summed E-state index contributed by atoms with van der Waals surface area (Å²) in [7, 11) is 0. The molecule has 0 amide bonds. The van der Waals surface area contributed by atoms with Gasteiger partial charge in [-0.15, -0.1) is 0 Å². The number of rotatable bonds is 5. The Bertz CT molecular complexity index is 1410. The van der Waals surface area contributed by atoms with E-state index in [0.717, 1.165) is 10.0 Å². The highest BCUT2D eigenvalue weighted by atomic mass is 79.9. The van der Waals surface area contributed by atoms with Gasteiger partial charge in [-0.3, -0.25) is 9.36 Å². The van der Waals surface area contributed by atoms with Crippen molar-refractivity contribution in [1.29, 1.82) is 0 Å². The van der Waals surface area contributed by atoms with Gasteiger partial charge < -0.3 is 9.15 Å². The van der Waals surface area contributed by atoms with Crippen LogP contribution >= 0.6 is 43.2 Å². The molecule has 0 N–H and O–H groups in total. The van der Waals surface area contributed by atoms with Gasteiger partial charge in [-0.1, -0.05) is 49.4 Å². The molecule has 172 valence electrons. The summed E-state index contributed by atoms with van der Waals surface area (Å²) in [6.45, 7) is 8.02. The number of carbonyl (C=O) groups is 1. The smallest absolute Gasteiger partial charge is 0.338 e. The van der Waals surface area contributed by atoms with Gasteiger partial charge in [-0.25, -0.2) is 9.79 Å². The zero-order valence-corrected chi connectivity index (χ0v) is 22.5. The number of furan rings is 1. The molecule has 1 atom stereocenters. The second-order valence-electron chi connectivity index (χ2n) is 7.89. The summed E-state index contributed by atoms with van der Waals surface area (Å²) in [5, 5.41) is 0. The van der Waals surface area contributed by atoms with Crippen LogP contribution in [0.3, 0.4) is 0 Å². The third-order valence-corrected chi connectivity index (χ3v) is 8.07. The summed E-state index contributed by atoms with van der Waals surface area (Å²) in [5.41, 5.74) is 2.68. The lowest BCUT2D eigenvalue weighted by Crippen LogP contribution is -2.39. The van der Waals surface area contributed by atoms with E-state index < -0.39 is 12.0 Å². The molecule has 0 radical (unpaired) electrons. The van der Waals surface area contributed by atoms with Crippen LogP contribution in [-0.2, 0) is 9.53 Å². The Morgan fingerprint density at radius 2 is 2.00 bits per heavy atom. The summed E-state index contributed by atoms with van der Waals surface area (Å²) in [5.74, 6) is 0.429. The van der Waals surface area contributed by atoms with Gasteiger partial charge in [0.1, 0.15) is 5.76 Å². The largest absolute Gasteiger partial charge is 0.463 e. The third kappa shape index (κ3) is 4.58. The molecular weight excluding hydrogens is 572 g/mol. The third-order valence-electron chi connectivity index (χ3n) is 5.37. The van der Waals surface area contributed by atoms with Crippen LogP contribution in [0.4, 0.5) is 0 Å². The van der Waals surface area contributed by atoms with Crippen molar-refractivity contribution in [3.8, 4) is 0 Å². The van der Waals surface area contributed by atoms with Crippen molar-refractivity contribution in [3.63, 3.8) is 0 Å². The van der Waals surface area contributed by atoms with E-state index in [4.69, 9.17) is 9.15 Å². The summed E-state index contributed by atoms with van der Waals surface area (Å²) in [6, 6.07) is 9.15. The van der Waals surface area contributed by atoms with Crippen LogP contribution in [0.25, 0.3) is 6.08 Å². The van der Waals surface area contributed by atoms with Crippen LogP contribution in [0.2, 0.25) is 0 Å². The molecule has 9 heteroatoms. The number of fused-ring (bicyclic) bond motifs is 1. The van der Waals surface area contributed by atoms with E-state index in [1.54, 1.807) is 30.6 Å². The Morgan fingerprint density at radius 1 is 1.30 bits per heavy atom. The minimum atomic E-state index is -0.626. The molecular formula is C24H22Br2N2O4S. The predicted molar refractivity (Wildman–Crippen MR) is 135 cm³/mol. The van der Waals surface area contributed by atoms with Crippen LogP contribution in [0.15, 0.2) is 64.9 Å². The van der Waals surface area contributed by atoms with Crippen molar-refractivity contribution >= 4 is 55.2 Å². The molecule has 0 spiro atoms. The molecule has 3 aromatic rings. The SMILES string of the molecule is CCOC(=O)C1=C(C)N=c2sc(=Cc3cc(Br)c(Br)o3)c(=O)n2[C@@H]1c1ccc(C(C)C)cc1. The lowest BCUT2D eigenvalue weighted by molar-refractivity contribution is -0.139. The Kier molecular flexibility index (Phi) is 6.93. The molecule has 6 nitrogen and oxygen atoms in total. The molecule has 0 bridgehead atoms. The maximum Gasteiger partial charge on any atom is 0.338 e. The highest BCUT2D eigenvalue weighted by molar-refractivity contribution is 9.13. The number of nitrogens with zero attached hydrogens (tertiary/aromatic N) is 2. The van der Waals surface area contributed by atoms with E-state index in [2.05, 4.69) is 50.7 Å². The average Bonchev–Trinajstić information content (AvgIpc) is 3.25. The molecule has 0 saturated heterocycles. The zero-order chi connectivity index (χ0) is 23.9. The fraction of sp³-hybridized carbons (Fsp3) is 0.292. The molecule has 0 aliphatic carbocycles. The molecule has 1 aliphatic rings. The van der Waals surface area contributed by atoms with Gasteiger partial charge in [0.05, 0.1) is 32.9 Å². The summed E-state index contributed by atoms with van der Waals surface area (Å²) in [6.07, 6.45) is 1.68. The number of aromatic nitrogens is 1. The van der Waals surface area contributed by atoms with Crippen molar-refractivity contribution in [1.82, 2.24) is 4.57 Å². The first-order chi connectivity index (χ1) is 15.7. The number of hydrogen-bond acceptors (Lipinski definition) is 6. The molecule has 0 unspecified atom stereocenters. The van der Waals surface area contributed by atoms with Gasteiger partial charge >= 0.3 is 5.97 Å². The standard InChI is InChI=1S/C24H22Br2N2O4S/c1-5-31-23(30)19-13(4)27-24-28(20(19)15-8-6-14(7-9-15)12(2)3)22(29)18(33-24)11-16-10-17(25)21(26)32-16/h6-12,20H,5H2,1-4H3/t20-/m1/s1. The second-order valence-corrected chi connectivity index (χ2v) is 10.5. The molecule has 1 aromatic carbocycles. The summed E-state index contributed by atoms with van der Waals surface area (Å²) >= 11 is 7.97. The van der Waals surface area contributed by atoms with E-state index in [1.807, 2.05) is 24.3 Å². The minimum absolute atomic E-state index is 0.237. The van der Waals surface area contributed by atoms with Gasteiger partial charge in [0, 0.05) is 6.08 Å². The normalized spacial score (nSPS) is 16.2. The number of benzene rings is 1. The Hall–Kier alpha value is -2.23. The van der Waals surface area contributed by atoms with Gasteiger partial charge in [0.25, 0.3) is 5.56 Å². The topological polar surface area (TPSA) is 73.8 Å². The van der Waals surface area contributed by atoms with Gasteiger partial charge in [-0.2, -0.15) is 0 Å². The fourth-order valence-electron chi connectivity index (χ4n) is 3.73. The maximum absolute atomic E-state index is 13.5. The average molecular weight is 594 g/mol. The van der Waals surface area contributed by atoms with E-state index in [9.17, 15) is 9.59 Å². The molecule has 1 aliphatic heterocycles. The van der Waals surface area contributed by atoms with E-state index in [1.165, 1.54) is 16.9 Å². The number of carbonyl (C=O) groups excluding carboxylic acids is 1. The number of ether oxygens (including phenoxy) is 1. The van der Waals surface area contributed by atoms with E-state index in [0.29, 0.717) is 37.0 Å². The van der Waals surface area contributed by atoms with Crippen molar-refractivity contribution < 1.29 is 13.9 Å². The van der Waals surface area contributed by atoms with E-state index in [-0.39, 0.29) is 12.2 Å². The zero-order valence-electron chi connectivity index (χ0n) is 18.5. The number of thiazole rings is 1. The molecule has 0 fully saturated rings. The van der Waals surface area contributed by atoms with Gasteiger partial charge in [0.2, 0.25) is 0 Å². The number of esters is 1. The number of allylic oxidation sites excluding steroid dienone is 1. The van der Waals surface area contributed by atoms with Crippen LogP contribution in [0.1, 0.15) is 56.5 Å². The summed E-state index contributed by atoms with van der Waals surface area (Å²) < 4.78 is 14.3. The molecule has 0 saturated carbocycles. The van der Waals surface area contributed by atoms with Gasteiger partial charge in [0.15, 0.2) is 9.47 Å². The van der Waals surface area contributed by atoms with Crippen molar-refractivity contribution in [2.24, 2.45) is 4.99 Å². The van der Waals surface area contributed by atoms with Crippen LogP contribution in [-0.4, -0.2) is 17.1 Å². The first-order valence-electron chi connectivity index (χ1n) is 10.5. The summed E-state index contributed by atoms with van der Waals surface area (Å²) in [4.78, 5) is 31.6. The number of hydrogen-bond donors (Lipinski definition) is 0. The molecule has 3 heterocycles. The lowest BCUT2D eigenvalue weighted by Gasteiger charge is -2.25. The number of halogens is 2. The van der Waals surface area contributed by atoms with Crippen molar-refractivity contribution in [2.75, 3.05) is 6.61 Å². The van der Waals surface area contributed by atoms with Crippen molar-refractivity contribution in [2.45, 2.75) is 39.7 Å². The fourth-order valence-corrected chi connectivity index (χ4v) is 5.37. The Morgan fingerprint density at radius 3 is 2.58 bits per heavy atom. The second kappa shape index (κ2) is 9.56. The first kappa shape index (κ1) is 23.9. The van der Waals surface area contributed by atoms with Gasteiger partial charge in [-0.05, 0) is 68.8 Å². The Labute approximate surface area is 211 Å². The van der Waals surface area contributed by atoms with E-state index >= 15 is 0 Å². The van der Waals surface area contributed by atoms with Crippen LogP contribution in [0.5, 0.6) is 0 Å². The van der Waals surface area contributed by atoms with Crippen LogP contribution < -0.4 is 14.9 Å². The Balaban J connectivity index is 1.93. The maximum atomic E-state index is 13.5. The minimum Gasteiger partial charge on any atom is -0.463 e. The first-order valence-corrected chi connectivity index (χ1v) is 12.9. The lowest BCUT2D eigenvalue weighted by atomic mass is 9.93. The highest BCUT2D eigenvalue weighted by Crippen LogP contribution is 2.32. The molecule has 2 aromatic heterocycles. The monoisotopic (exact) mass is 592 g/mol. The predicted octanol–water partition coefficient (Wildman–Crippen LogP) is 5.04. The molecule has 33 heavy (non-hydrogen) atoms. The van der Waals surface area contributed by atoms with Crippen molar-refractivity contribution in [3.05, 3.63) is 87.3 Å². The quantitative estimate of drug-likeness (QED) is 0.389. The van der Waals surface area contributed by atoms with Crippen LogP contribution in [0, 0.1) is 0 Å². The molecule has 4 rings (SSSR count).